The van der Waals surface area contributed by atoms with Crippen LogP contribution >= 0.6 is 11.6 Å². The summed E-state index contributed by atoms with van der Waals surface area (Å²) in [5.74, 6) is 0.800. The molecule has 0 bridgehead atoms. The number of halogens is 1. The van der Waals surface area contributed by atoms with Crippen LogP contribution in [0.25, 0.3) is 0 Å². The second kappa shape index (κ2) is 11.4. The molecule has 0 heterocycles. The highest BCUT2D eigenvalue weighted by atomic mass is 35.5. The first-order valence-corrected chi connectivity index (χ1v) is 11.2. The zero-order chi connectivity index (χ0) is 23.8. The number of carbonyl (C=O) groups excluding carboxylic acids is 1. The number of nitrogens with one attached hydrogen (secondary N) is 1. The molecule has 5 nitrogen and oxygen atoms in total. The van der Waals surface area contributed by atoms with E-state index in [0.29, 0.717) is 39.9 Å². The van der Waals surface area contributed by atoms with Gasteiger partial charge in [-0.15, -0.1) is 0 Å². The summed E-state index contributed by atoms with van der Waals surface area (Å²) in [6.07, 6.45) is -0.936. The molecule has 6 heteroatoms. The largest absolute Gasteiger partial charge is 0.489 e. The van der Waals surface area contributed by atoms with Gasteiger partial charge in [-0.2, -0.15) is 0 Å². The van der Waals surface area contributed by atoms with Crippen molar-refractivity contribution in [2.45, 2.75) is 12.7 Å². The van der Waals surface area contributed by atoms with Crippen molar-refractivity contribution in [1.29, 1.82) is 0 Å². The summed E-state index contributed by atoms with van der Waals surface area (Å²) >= 11 is 6.15. The summed E-state index contributed by atoms with van der Waals surface area (Å²) in [7, 11) is 0. The fourth-order valence-electron chi connectivity index (χ4n) is 3.42. The first kappa shape index (κ1) is 23.4. The average Bonchev–Trinajstić information content (AvgIpc) is 2.88. The molecule has 0 aliphatic heterocycles. The average molecular weight is 474 g/mol. The first-order valence-electron chi connectivity index (χ1n) is 10.8. The number of rotatable bonds is 9. The van der Waals surface area contributed by atoms with Crippen LogP contribution in [0.4, 0.5) is 5.69 Å². The lowest BCUT2D eigenvalue weighted by Crippen LogP contribution is -2.21. The van der Waals surface area contributed by atoms with Crippen LogP contribution in [0.3, 0.4) is 0 Å². The summed E-state index contributed by atoms with van der Waals surface area (Å²) in [4.78, 5) is 12.6. The third-order valence-corrected chi connectivity index (χ3v) is 5.36. The molecular weight excluding hydrogens is 450 g/mol. The molecule has 0 radical (unpaired) electrons. The Morgan fingerprint density at radius 3 is 2.24 bits per heavy atom. The predicted octanol–water partition coefficient (Wildman–Crippen LogP) is 6.02. The van der Waals surface area contributed by atoms with Crippen molar-refractivity contribution in [3.63, 3.8) is 0 Å². The summed E-state index contributed by atoms with van der Waals surface area (Å²) < 4.78 is 11.5. The normalized spacial score (nSPS) is 11.5. The number of hydrogen-bond acceptors (Lipinski definition) is 4. The summed E-state index contributed by atoms with van der Waals surface area (Å²) in [6, 6.07) is 31.1. The zero-order valence-corrected chi connectivity index (χ0v) is 19.1. The van der Waals surface area contributed by atoms with Gasteiger partial charge in [0.2, 0.25) is 0 Å². The topological polar surface area (TPSA) is 67.8 Å². The molecule has 1 amide bonds. The van der Waals surface area contributed by atoms with E-state index in [-0.39, 0.29) is 12.5 Å². The Balaban J connectivity index is 1.37. The van der Waals surface area contributed by atoms with Crippen LogP contribution in [0.2, 0.25) is 5.02 Å². The van der Waals surface area contributed by atoms with Gasteiger partial charge in [0.25, 0.3) is 5.91 Å². The minimum atomic E-state index is -0.936. The van der Waals surface area contributed by atoms with E-state index in [1.165, 1.54) is 0 Å². The molecule has 0 aromatic heterocycles. The van der Waals surface area contributed by atoms with Crippen molar-refractivity contribution in [3.05, 3.63) is 125 Å². The van der Waals surface area contributed by atoms with Gasteiger partial charge in [-0.1, -0.05) is 78.3 Å². The highest BCUT2D eigenvalue weighted by Gasteiger charge is 2.17. The van der Waals surface area contributed by atoms with Gasteiger partial charge in [0, 0.05) is 22.3 Å². The number of hydrogen-bond donors (Lipinski definition) is 2. The molecule has 0 saturated heterocycles. The second-order valence-electron chi connectivity index (χ2n) is 7.63. The molecule has 4 aromatic rings. The lowest BCUT2D eigenvalue weighted by Gasteiger charge is -2.17. The molecule has 4 rings (SSSR count). The van der Waals surface area contributed by atoms with Crippen molar-refractivity contribution >= 4 is 23.2 Å². The molecule has 0 aliphatic rings. The fourth-order valence-corrected chi connectivity index (χ4v) is 3.60. The molecular formula is C28H24ClNO4. The Labute approximate surface area is 203 Å². The molecule has 0 unspecified atom stereocenters. The Kier molecular flexibility index (Phi) is 7.81. The number of ether oxygens (including phenoxy) is 2. The third-order valence-electron chi connectivity index (χ3n) is 5.12. The molecule has 2 N–H and O–H groups in total. The minimum Gasteiger partial charge on any atom is -0.489 e. The van der Waals surface area contributed by atoms with Crippen LogP contribution in [0.1, 0.15) is 22.8 Å². The Morgan fingerprint density at radius 2 is 1.50 bits per heavy atom. The zero-order valence-electron chi connectivity index (χ0n) is 18.4. The summed E-state index contributed by atoms with van der Waals surface area (Å²) in [5, 5.41) is 14.1. The fraction of sp³-hybridized carbons (Fsp3) is 0.107. The molecule has 0 spiro atoms. The van der Waals surface area contributed by atoms with E-state index in [1.54, 1.807) is 36.4 Å². The van der Waals surface area contributed by atoms with Gasteiger partial charge in [0.15, 0.2) is 6.61 Å². The van der Waals surface area contributed by atoms with E-state index in [1.807, 2.05) is 66.7 Å². The Hall–Kier alpha value is -3.80. The van der Waals surface area contributed by atoms with Gasteiger partial charge in [-0.25, -0.2) is 0 Å². The van der Waals surface area contributed by atoms with Gasteiger partial charge >= 0.3 is 0 Å². The standard InChI is InChI=1S/C28H24ClNO4/c29-22-14-15-26(25(16-22)28(32)21-10-5-2-6-11-21)30-27(31)19-34-24-13-7-12-23(17-24)33-18-20-8-3-1-4-9-20/h1-17,28,32H,18-19H2,(H,30,31)/t28-/m1/s1. The lowest BCUT2D eigenvalue weighted by molar-refractivity contribution is -0.118. The summed E-state index contributed by atoms with van der Waals surface area (Å²) in [6.45, 7) is 0.236. The van der Waals surface area contributed by atoms with Crippen molar-refractivity contribution < 1.29 is 19.4 Å². The van der Waals surface area contributed by atoms with Crippen molar-refractivity contribution in [3.8, 4) is 11.5 Å². The van der Waals surface area contributed by atoms with Crippen LogP contribution in [0.5, 0.6) is 11.5 Å². The molecule has 34 heavy (non-hydrogen) atoms. The number of aliphatic hydroxyl groups is 1. The van der Waals surface area contributed by atoms with Gasteiger partial charge < -0.3 is 19.9 Å². The quantitative estimate of drug-likeness (QED) is 0.312. The number of aliphatic hydroxyl groups excluding tert-OH is 1. The van der Waals surface area contributed by atoms with Crippen LogP contribution in [-0.2, 0) is 11.4 Å². The van der Waals surface area contributed by atoms with Gasteiger partial charge in [-0.3, -0.25) is 4.79 Å². The van der Waals surface area contributed by atoms with Gasteiger partial charge in [0.1, 0.15) is 24.2 Å². The SMILES string of the molecule is O=C(COc1cccc(OCc2ccccc2)c1)Nc1ccc(Cl)cc1[C@H](O)c1ccccc1. The molecule has 172 valence electrons. The highest BCUT2D eigenvalue weighted by Crippen LogP contribution is 2.31. The van der Waals surface area contributed by atoms with E-state index < -0.39 is 6.10 Å². The van der Waals surface area contributed by atoms with Crippen molar-refractivity contribution in [2.24, 2.45) is 0 Å². The minimum absolute atomic E-state index is 0.203. The maximum absolute atomic E-state index is 12.6. The molecule has 0 fully saturated rings. The van der Waals surface area contributed by atoms with E-state index in [9.17, 15) is 9.90 Å². The third kappa shape index (κ3) is 6.38. The van der Waals surface area contributed by atoms with E-state index >= 15 is 0 Å². The number of benzene rings is 4. The molecule has 1 atom stereocenters. The van der Waals surface area contributed by atoms with Crippen molar-refractivity contribution in [1.82, 2.24) is 0 Å². The van der Waals surface area contributed by atoms with E-state index in [2.05, 4.69) is 5.32 Å². The Morgan fingerprint density at radius 1 is 0.824 bits per heavy atom. The van der Waals surface area contributed by atoms with Gasteiger partial charge in [0.05, 0.1) is 0 Å². The second-order valence-corrected chi connectivity index (χ2v) is 8.07. The predicted molar refractivity (Wildman–Crippen MR) is 133 cm³/mol. The maximum atomic E-state index is 12.6. The summed E-state index contributed by atoms with van der Waals surface area (Å²) in [5.41, 5.74) is 2.73. The van der Waals surface area contributed by atoms with E-state index in [4.69, 9.17) is 21.1 Å². The van der Waals surface area contributed by atoms with Crippen molar-refractivity contribution in [2.75, 3.05) is 11.9 Å². The highest BCUT2D eigenvalue weighted by molar-refractivity contribution is 6.30. The van der Waals surface area contributed by atoms with Crippen LogP contribution in [0.15, 0.2) is 103 Å². The lowest BCUT2D eigenvalue weighted by atomic mass is 10.00. The van der Waals surface area contributed by atoms with E-state index in [0.717, 1.165) is 5.56 Å². The maximum Gasteiger partial charge on any atom is 0.262 e. The first-order chi connectivity index (χ1) is 16.6. The molecule has 4 aromatic carbocycles. The number of carbonyl (C=O) groups is 1. The molecule has 0 saturated carbocycles. The Bertz CT molecular complexity index is 1230. The van der Waals surface area contributed by atoms with Crippen LogP contribution in [-0.4, -0.2) is 17.6 Å². The number of anilines is 1. The smallest absolute Gasteiger partial charge is 0.262 e. The van der Waals surface area contributed by atoms with Gasteiger partial charge in [-0.05, 0) is 41.5 Å². The van der Waals surface area contributed by atoms with Crippen LogP contribution < -0.4 is 14.8 Å². The molecule has 0 aliphatic carbocycles. The van der Waals surface area contributed by atoms with Crippen LogP contribution in [0, 0.1) is 0 Å². The monoisotopic (exact) mass is 473 g/mol. The number of amides is 1.